The number of nitrogens with one attached hydrogen (secondary N) is 1. The molecule has 2 aromatic rings. The molecule has 0 saturated heterocycles. The van der Waals surface area contributed by atoms with E-state index in [1.54, 1.807) is 12.1 Å². The molecule has 1 aromatic heterocycles. The summed E-state index contributed by atoms with van der Waals surface area (Å²) in [5.74, 6) is -0.481. The second-order valence-corrected chi connectivity index (χ2v) is 7.47. The van der Waals surface area contributed by atoms with Crippen LogP contribution in [-0.2, 0) is 11.3 Å². The molecule has 3 rings (SSSR count). The summed E-state index contributed by atoms with van der Waals surface area (Å²) in [5.41, 5.74) is 0.712. The molecule has 7 nitrogen and oxygen atoms in total. The molecule has 28 heavy (non-hydrogen) atoms. The summed E-state index contributed by atoms with van der Waals surface area (Å²) in [6.07, 6.45) is 2.00. The quantitative estimate of drug-likeness (QED) is 0.720. The number of nitrogens with zero attached hydrogens (tertiary/aromatic N) is 3. The third-order valence-corrected chi connectivity index (χ3v) is 5.26. The highest BCUT2D eigenvalue weighted by Gasteiger charge is 2.34. The number of hydrogen-bond acceptors (Lipinski definition) is 5. The van der Waals surface area contributed by atoms with Gasteiger partial charge in [0.25, 0.3) is 5.56 Å². The molecule has 0 bridgehead atoms. The van der Waals surface area contributed by atoms with Gasteiger partial charge in [0.2, 0.25) is 11.8 Å². The zero-order valence-electron chi connectivity index (χ0n) is 15.6. The maximum atomic E-state index is 12.5. The van der Waals surface area contributed by atoms with Crippen LogP contribution >= 0.6 is 23.8 Å². The molecule has 0 saturated carbocycles. The lowest BCUT2D eigenvalue weighted by Crippen LogP contribution is -2.24. The summed E-state index contributed by atoms with van der Waals surface area (Å²) in [5, 5.41) is 17.0. The van der Waals surface area contributed by atoms with E-state index >= 15 is 0 Å². The zero-order valence-corrected chi connectivity index (χ0v) is 17.2. The van der Waals surface area contributed by atoms with Crippen LogP contribution in [0.2, 0.25) is 5.02 Å². The Kier molecular flexibility index (Phi) is 6.00. The summed E-state index contributed by atoms with van der Waals surface area (Å²) in [7, 11) is 0. The topological polar surface area (TPSA) is 90.7 Å². The van der Waals surface area contributed by atoms with Crippen molar-refractivity contribution in [3.05, 3.63) is 55.5 Å². The second kappa shape index (κ2) is 8.28. The normalized spacial score (nSPS) is 16.3. The SMILES string of the molecule is CCCCn1c(O)c(C2=NN(C(C)=O)[C@H](c3ccc(Cl)cc3)C2)c(=O)[nH]c1=S. The monoisotopic (exact) mass is 420 g/mol. The van der Waals surface area contributed by atoms with E-state index in [1.807, 2.05) is 19.1 Å². The number of aromatic amines is 1. The fourth-order valence-electron chi connectivity index (χ4n) is 3.24. The third kappa shape index (κ3) is 3.88. The van der Waals surface area contributed by atoms with E-state index in [0.29, 0.717) is 23.7 Å². The van der Waals surface area contributed by atoms with E-state index in [1.165, 1.54) is 16.5 Å². The molecule has 1 aliphatic heterocycles. The van der Waals surface area contributed by atoms with Crippen molar-refractivity contribution >= 4 is 35.4 Å². The van der Waals surface area contributed by atoms with Gasteiger partial charge in [0.1, 0.15) is 5.56 Å². The van der Waals surface area contributed by atoms with Crippen LogP contribution in [0.1, 0.15) is 50.3 Å². The lowest BCUT2D eigenvalue weighted by atomic mass is 9.99. The van der Waals surface area contributed by atoms with Crippen molar-refractivity contribution in [2.75, 3.05) is 0 Å². The first-order chi connectivity index (χ1) is 13.3. The predicted octanol–water partition coefficient (Wildman–Crippen LogP) is 3.76. The van der Waals surface area contributed by atoms with Gasteiger partial charge < -0.3 is 5.11 Å². The molecule has 0 spiro atoms. The standard InChI is InChI=1S/C19H21ClN4O3S/c1-3-4-9-23-18(27)16(17(26)21-19(23)28)14-10-15(24(22-14)11(2)25)12-5-7-13(20)8-6-12/h5-8,15,27H,3-4,9-10H2,1-2H3,(H,21,26,28)/t15-/m0/s1. The van der Waals surface area contributed by atoms with Crippen molar-refractivity contribution in [3.8, 4) is 5.88 Å². The van der Waals surface area contributed by atoms with Gasteiger partial charge in [-0.05, 0) is 36.3 Å². The van der Waals surface area contributed by atoms with Crippen LogP contribution in [0.4, 0.5) is 0 Å². The van der Waals surface area contributed by atoms with Gasteiger partial charge in [-0.1, -0.05) is 37.1 Å². The number of carbonyl (C=O) groups excluding carboxylic acids is 1. The van der Waals surface area contributed by atoms with Gasteiger partial charge in [0, 0.05) is 24.9 Å². The van der Waals surface area contributed by atoms with E-state index in [4.69, 9.17) is 23.8 Å². The Morgan fingerprint density at radius 3 is 2.68 bits per heavy atom. The summed E-state index contributed by atoms with van der Waals surface area (Å²) >= 11 is 11.1. The summed E-state index contributed by atoms with van der Waals surface area (Å²) < 4.78 is 1.65. The summed E-state index contributed by atoms with van der Waals surface area (Å²) in [4.78, 5) is 27.3. The van der Waals surface area contributed by atoms with E-state index in [-0.39, 0.29) is 28.2 Å². The number of halogens is 1. The van der Waals surface area contributed by atoms with Gasteiger partial charge >= 0.3 is 0 Å². The molecule has 1 atom stereocenters. The Labute approximate surface area is 172 Å². The molecule has 9 heteroatoms. The number of benzene rings is 1. The Morgan fingerprint density at radius 1 is 1.39 bits per heavy atom. The number of hydrazone groups is 1. The van der Waals surface area contributed by atoms with E-state index in [9.17, 15) is 14.7 Å². The molecule has 148 valence electrons. The number of aromatic hydroxyl groups is 1. The van der Waals surface area contributed by atoms with E-state index in [2.05, 4.69) is 10.1 Å². The maximum absolute atomic E-state index is 12.5. The number of unbranched alkanes of at least 4 members (excludes halogenated alkanes) is 1. The minimum Gasteiger partial charge on any atom is -0.494 e. The van der Waals surface area contributed by atoms with Crippen molar-refractivity contribution in [3.63, 3.8) is 0 Å². The molecule has 1 aliphatic rings. The largest absolute Gasteiger partial charge is 0.494 e. The first kappa shape index (κ1) is 20.3. The van der Waals surface area contributed by atoms with Crippen molar-refractivity contribution in [1.82, 2.24) is 14.6 Å². The highest BCUT2D eigenvalue weighted by Crippen LogP contribution is 2.34. The van der Waals surface area contributed by atoms with Crippen LogP contribution in [0.15, 0.2) is 34.2 Å². The summed E-state index contributed by atoms with van der Waals surface area (Å²) in [6.45, 7) is 3.91. The third-order valence-electron chi connectivity index (χ3n) is 4.68. The number of carbonyl (C=O) groups is 1. The van der Waals surface area contributed by atoms with E-state index in [0.717, 1.165) is 18.4 Å². The molecular formula is C19H21ClN4O3S. The van der Waals surface area contributed by atoms with Crippen molar-refractivity contribution in [2.24, 2.45) is 5.10 Å². The van der Waals surface area contributed by atoms with E-state index < -0.39 is 5.56 Å². The molecule has 2 heterocycles. The number of aromatic nitrogens is 2. The highest BCUT2D eigenvalue weighted by atomic mass is 35.5. The average Bonchev–Trinajstić information content (AvgIpc) is 3.07. The van der Waals surface area contributed by atoms with Gasteiger partial charge in [-0.15, -0.1) is 0 Å². The van der Waals surface area contributed by atoms with Crippen LogP contribution in [0.5, 0.6) is 5.88 Å². The maximum Gasteiger partial charge on any atom is 0.264 e. The highest BCUT2D eigenvalue weighted by molar-refractivity contribution is 7.71. The van der Waals surface area contributed by atoms with Gasteiger partial charge in [-0.3, -0.25) is 19.1 Å². The first-order valence-corrected chi connectivity index (χ1v) is 9.81. The van der Waals surface area contributed by atoms with Gasteiger partial charge in [0.15, 0.2) is 4.77 Å². The van der Waals surface area contributed by atoms with Crippen molar-refractivity contribution in [2.45, 2.75) is 45.7 Å². The molecule has 0 fully saturated rings. The van der Waals surface area contributed by atoms with Crippen LogP contribution in [0, 0.1) is 4.77 Å². The smallest absolute Gasteiger partial charge is 0.264 e. The van der Waals surface area contributed by atoms with Crippen LogP contribution < -0.4 is 5.56 Å². The Bertz CT molecular complexity index is 1040. The van der Waals surface area contributed by atoms with Crippen LogP contribution in [0.3, 0.4) is 0 Å². The van der Waals surface area contributed by atoms with Crippen molar-refractivity contribution in [1.29, 1.82) is 0 Å². The number of rotatable bonds is 5. The van der Waals surface area contributed by atoms with Crippen LogP contribution in [0.25, 0.3) is 0 Å². The van der Waals surface area contributed by atoms with Gasteiger partial charge in [-0.2, -0.15) is 5.10 Å². The number of hydrogen-bond donors (Lipinski definition) is 2. The van der Waals surface area contributed by atoms with Crippen LogP contribution in [-0.4, -0.2) is 31.3 Å². The molecule has 0 unspecified atom stereocenters. The Balaban J connectivity index is 2.05. The van der Waals surface area contributed by atoms with Gasteiger partial charge in [0.05, 0.1) is 11.8 Å². The fraction of sp³-hybridized carbons (Fsp3) is 0.368. The Hall–Kier alpha value is -2.45. The molecular weight excluding hydrogens is 400 g/mol. The number of H-pyrrole nitrogens is 1. The lowest BCUT2D eigenvalue weighted by molar-refractivity contribution is -0.130. The van der Waals surface area contributed by atoms with Gasteiger partial charge in [-0.25, -0.2) is 5.01 Å². The molecule has 1 amide bonds. The minimum absolute atomic E-state index is 0.0485. The lowest BCUT2D eigenvalue weighted by Gasteiger charge is -2.20. The molecule has 1 aromatic carbocycles. The minimum atomic E-state index is -0.519. The average molecular weight is 421 g/mol. The predicted molar refractivity (Wildman–Crippen MR) is 110 cm³/mol. The Morgan fingerprint density at radius 2 is 2.07 bits per heavy atom. The number of amides is 1. The first-order valence-electron chi connectivity index (χ1n) is 9.02. The molecule has 0 radical (unpaired) electrons. The zero-order chi connectivity index (χ0) is 20.4. The molecule has 0 aliphatic carbocycles. The second-order valence-electron chi connectivity index (χ2n) is 6.64. The fourth-order valence-corrected chi connectivity index (χ4v) is 3.64. The van der Waals surface area contributed by atoms with Crippen molar-refractivity contribution < 1.29 is 9.90 Å². The molecule has 2 N–H and O–H groups in total. The summed E-state index contributed by atoms with van der Waals surface area (Å²) in [6, 6.07) is 6.74.